The van der Waals surface area contributed by atoms with Crippen molar-refractivity contribution in [2.75, 3.05) is 50.9 Å². The minimum atomic E-state index is -0.412. The predicted octanol–water partition coefficient (Wildman–Crippen LogP) is -0.644. The summed E-state index contributed by atoms with van der Waals surface area (Å²) in [6.07, 6.45) is 0. The summed E-state index contributed by atoms with van der Waals surface area (Å²) in [6.45, 7) is 4.41. The lowest BCUT2D eigenvalue weighted by Gasteiger charge is -2.26. The van der Waals surface area contributed by atoms with E-state index >= 15 is 0 Å². The molecule has 1 fully saturated rings. The molecule has 20 heavy (non-hydrogen) atoms. The summed E-state index contributed by atoms with van der Waals surface area (Å²) < 4.78 is 5.25. The van der Waals surface area contributed by atoms with Crippen LogP contribution in [0.2, 0.25) is 5.15 Å². The highest BCUT2D eigenvalue weighted by molar-refractivity contribution is 6.31. The van der Waals surface area contributed by atoms with Gasteiger partial charge in [-0.1, -0.05) is 11.6 Å². The second kappa shape index (κ2) is 6.69. The van der Waals surface area contributed by atoms with Crippen LogP contribution >= 0.6 is 11.6 Å². The topological polar surface area (TPSA) is 119 Å². The van der Waals surface area contributed by atoms with Crippen molar-refractivity contribution in [3.63, 3.8) is 0 Å². The summed E-state index contributed by atoms with van der Waals surface area (Å²) in [5, 5.41) is 2.70. The van der Waals surface area contributed by atoms with E-state index in [4.69, 9.17) is 27.8 Å². The molecule has 1 aliphatic rings. The first-order chi connectivity index (χ1) is 9.58. The number of nitrogens with two attached hydrogens (primary N) is 2. The van der Waals surface area contributed by atoms with Crippen LogP contribution in [0.15, 0.2) is 0 Å². The number of aromatic nitrogens is 2. The van der Waals surface area contributed by atoms with Gasteiger partial charge in [0.05, 0.1) is 13.2 Å². The van der Waals surface area contributed by atoms with Gasteiger partial charge in [0, 0.05) is 26.2 Å². The number of halogens is 1. The second-order valence-electron chi connectivity index (χ2n) is 4.34. The summed E-state index contributed by atoms with van der Waals surface area (Å²) in [6, 6.07) is 0. The smallest absolute Gasteiger partial charge is 0.273 e. The summed E-state index contributed by atoms with van der Waals surface area (Å²) >= 11 is 5.73. The van der Waals surface area contributed by atoms with Crippen LogP contribution in [0.3, 0.4) is 0 Å². The number of ether oxygens (including phenoxy) is 1. The minimum absolute atomic E-state index is 0.00817. The third-order valence-electron chi connectivity index (χ3n) is 2.94. The molecule has 1 aromatic heterocycles. The first-order valence-corrected chi connectivity index (χ1v) is 6.62. The summed E-state index contributed by atoms with van der Waals surface area (Å²) in [7, 11) is 0. The average molecular weight is 301 g/mol. The van der Waals surface area contributed by atoms with Gasteiger partial charge in [0.1, 0.15) is 0 Å². The zero-order valence-corrected chi connectivity index (χ0v) is 11.7. The fourth-order valence-corrected chi connectivity index (χ4v) is 1.97. The highest BCUT2D eigenvalue weighted by atomic mass is 35.5. The van der Waals surface area contributed by atoms with E-state index in [2.05, 4.69) is 20.2 Å². The number of morpholine rings is 1. The Bertz CT molecular complexity index is 492. The van der Waals surface area contributed by atoms with Crippen molar-refractivity contribution in [2.45, 2.75) is 0 Å². The fourth-order valence-electron chi connectivity index (χ4n) is 1.84. The van der Waals surface area contributed by atoms with Crippen molar-refractivity contribution < 1.29 is 9.53 Å². The molecule has 0 aliphatic carbocycles. The Morgan fingerprint density at radius 2 is 2.00 bits per heavy atom. The predicted molar refractivity (Wildman–Crippen MR) is 75.5 cm³/mol. The van der Waals surface area contributed by atoms with Gasteiger partial charge in [-0.2, -0.15) is 0 Å². The molecular formula is C11H17ClN6O2. The molecular weight excluding hydrogens is 284 g/mol. The number of hydrogen-bond donors (Lipinski definition) is 3. The van der Waals surface area contributed by atoms with Crippen molar-refractivity contribution in [1.82, 2.24) is 20.2 Å². The van der Waals surface area contributed by atoms with Gasteiger partial charge in [-0.05, 0) is 0 Å². The maximum atomic E-state index is 11.9. The van der Waals surface area contributed by atoms with Gasteiger partial charge in [-0.3, -0.25) is 9.69 Å². The van der Waals surface area contributed by atoms with E-state index in [0.717, 1.165) is 32.8 Å². The number of hydrogen-bond acceptors (Lipinski definition) is 7. The first-order valence-electron chi connectivity index (χ1n) is 6.24. The molecule has 0 aromatic carbocycles. The molecule has 0 spiro atoms. The number of carbonyl (C=O) groups is 1. The number of amides is 1. The Morgan fingerprint density at radius 1 is 1.30 bits per heavy atom. The molecule has 8 nitrogen and oxygen atoms in total. The lowest BCUT2D eigenvalue weighted by atomic mass is 10.3. The maximum absolute atomic E-state index is 11.9. The summed E-state index contributed by atoms with van der Waals surface area (Å²) in [4.78, 5) is 21.7. The van der Waals surface area contributed by atoms with Crippen molar-refractivity contribution in [2.24, 2.45) is 0 Å². The molecule has 1 aromatic rings. The van der Waals surface area contributed by atoms with E-state index in [1.165, 1.54) is 0 Å². The molecule has 0 bridgehead atoms. The molecule has 1 aliphatic heterocycles. The van der Waals surface area contributed by atoms with Gasteiger partial charge < -0.3 is 21.5 Å². The number of carbonyl (C=O) groups excluding carboxylic acids is 1. The second-order valence-corrected chi connectivity index (χ2v) is 4.70. The normalized spacial score (nSPS) is 16.1. The third kappa shape index (κ3) is 3.69. The monoisotopic (exact) mass is 300 g/mol. The number of nitrogen functional groups attached to an aromatic ring is 2. The van der Waals surface area contributed by atoms with Crippen LogP contribution in [0, 0.1) is 0 Å². The van der Waals surface area contributed by atoms with E-state index in [9.17, 15) is 4.79 Å². The zero-order valence-electron chi connectivity index (χ0n) is 10.9. The molecule has 1 saturated heterocycles. The molecule has 0 atom stereocenters. The van der Waals surface area contributed by atoms with E-state index < -0.39 is 5.91 Å². The van der Waals surface area contributed by atoms with Crippen LogP contribution in [0.25, 0.3) is 0 Å². The van der Waals surface area contributed by atoms with Gasteiger partial charge in [0.25, 0.3) is 5.91 Å². The van der Waals surface area contributed by atoms with E-state index in [1.807, 2.05) is 0 Å². The van der Waals surface area contributed by atoms with E-state index in [1.54, 1.807) is 0 Å². The van der Waals surface area contributed by atoms with Crippen molar-refractivity contribution in [3.8, 4) is 0 Å². The molecule has 0 radical (unpaired) electrons. The highest BCUT2D eigenvalue weighted by Gasteiger charge is 2.16. The molecule has 9 heteroatoms. The van der Waals surface area contributed by atoms with Crippen molar-refractivity contribution in [3.05, 3.63) is 10.8 Å². The third-order valence-corrected chi connectivity index (χ3v) is 3.22. The maximum Gasteiger partial charge on any atom is 0.273 e. The van der Waals surface area contributed by atoms with Gasteiger partial charge >= 0.3 is 0 Å². The van der Waals surface area contributed by atoms with Crippen LogP contribution < -0.4 is 16.8 Å². The molecule has 2 rings (SSSR count). The number of nitrogens with one attached hydrogen (secondary N) is 1. The largest absolute Gasteiger partial charge is 0.382 e. The SMILES string of the molecule is Nc1nc(N)c(C(=O)NCCN2CCOCC2)nc1Cl. The molecule has 5 N–H and O–H groups in total. The molecule has 110 valence electrons. The lowest BCUT2D eigenvalue weighted by Crippen LogP contribution is -2.41. The zero-order chi connectivity index (χ0) is 14.5. The summed E-state index contributed by atoms with van der Waals surface area (Å²) in [5.41, 5.74) is 11.0. The number of rotatable bonds is 4. The Kier molecular flexibility index (Phi) is 4.94. The van der Waals surface area contributed by atoms with Gasteiger partial charge in [0.15, 0.2) is 22.5 Å². The van der Waals surface area contributed by atoms with E-state index in [-0.39, 0.29) is 22.5 Å². The first kappa shape index (κ1) is 14.8. The standard InChI is InChI=1S/C11H17ClN6O2/c12-8-10(14)17-9(13)7(16-8)11(19)15-1-2-18-3-5-20-6-4-18/h1-6H2,(H,15,19)(H4,13,14,17). The van der Waals surface area contributed by atoms with Crippen LogP contribution in [0.4, 0.5) is 11.6 Å². The average Bonchev–Trinajstić information content (AvgIpc) is 2.44. The molecule has 0 saturated carbocycles. The lowest BCUT2D eigenvalue weighted by molar-refractivity contribution is 0.0383. The van der Waals surface area contributed by atoms with Gasteiger partial charge in [-0.25, -0.2) is 9.97 Å². The number of anilines is 2. The Balaban J connectivity index is 1.87. The van der Waals surface area contributed by atoms with Gasteiger partial charge in [-0.15, -0.1) is 0 Å². The van der Waals surface area contributed by atoms with Crippen LogP contribution in [-0.2, 0) is 4.74 Å². The van der Waals surface area contributed by atoms with E-state index in [0.29, 0.717) is 6.54 Å². The summed E-state index contributed by atoms with van der Waals surface area (Å²) in [5.74, 6) is -0.435. The Morgan fingerprint density at radius 3 is 2.70 bits per heavy atom. The van der Waals surface area contributed by atoms with Crippen LogP contribution in [0.5, 0.6) is 0 Å². The fraction of sp³-hybridized carbons (Fsp3) is 0.545. The Labute approximate surface area is 121 Å². The molecule has 2 heterocycles. The highest BCUT2D eigenvalue weighted by Crippen LogP contribution is 2.17. The number of nitrogens with zero attached hydrogens (tertiary/aromatic N) is 3. The Hall–Kier alpha value is -1.64. The van der Waals surface area contributed by atoms with Gasteiger partial charge in [0.2, 0.25) is 0 Å². The quantitative estimate of drug-likeness (QED) is 0.676. The minimum Gasteiger partial charge on any atom is -0.382 e. The van der Waals surface area contributed by atoms with Crippen LogP contribution in [0.1, 0.15) is 10.5 Å². The van der Waals surface area contributed by atoms with Crippen molar-refractivity contribution in [1.29, 1.82) is 0 Å². The molecule has 1 amide bonds. The van der Waals surface area contributed by atoms with Crippen molar-refractivity contribution >= 4 is 29.1 Å². The van der Waals surface area contributed by atoms with Crippen LogP contribution in [-0.4, -0.2) is 60.2 Å². The molecule has 0 unspecified atom stereocenters.